The summed E-state index contributed by atoms with van der Waals surface area (Å²) in [5, 5.41) is 3.72. The van der Waals surface area contributed by atoms with Gasteiger partial charge in [0.05, 0.1) is 10.0 Å². The number of nitrogens with two attached hydrogens (primary N) is 1. The quantitative estimate of drug-likeness (QED) is 0.749. The standard InChI is InChI=1S/C13H18Cl2N2O/c14-11-7-6-10(9-12(11)15)17-13(18)5-3-1-2-4-8-16/h6-7,9H,1-5,8,16H2,(H,17,18). The van der Waals surface area contributed by atoms with Crippen molar-refractivity contribution in [2.24, 2.45) is 5.73 Å². The summed E-state index contributed by atoms with van der Waals surface area (Å²) in [6, 6.07) is 5.05. The summed E-state index contributed by atoms with van der Waals surface area (Å²) in [7, 11) is 0. The number of nitrogens with one attached hydrogen (secondary N) is 1. The molecule has 1 rings (SSSR count). The second-order valence-electron chi connectivity index (χ2n) is 4.13. The number of halogens is 2. The molecule has 1 aromatic rings. The molecule has 0 aliphatic carbocycles. The summed E-state index contributed by atoms with van der Waals surface area (Å²) in [6.07, 6.45) is 4.54. The van der Waals surface area contributed by atoms with Gasteiger partial charge in [-0.3, -0.25) is 4.79 Å². The van der Waals surface area contributed by atoms with Crippen LogP contribution in [0.4, 0.5) is 5.69 Å². The van der Waals surface area contributed by atoms with Crippen LogP contribution in [0.25, 0.3) is 0 Å². The van der Waals surface area contributed by atoms with Crippen molar-refractivity contribution in [3.05, 3.63) is 28.2 Å². The first-order valence-corrected chi connectivity index (χ1v) is 6.84. The van der Waals surface area contributed by atoms with Gasteiger partial charge in [-0.2, -0.15) is 0 Å². The molecule has 0 aliphatic rings. The Balaban J connectivity index is 2.29. The number of benzene rings is 1. The highest BCUT2D eigenvalue weighted by Gasteiger charge is 2.04. The van der Waals surface area contributed by atoms with Crippen molar-refractivity contribution in [1.29, 1.82) is 0 Å². The highest BCUT2D eigenvalue weighted by molar-refractivity contribution is 6.42. The van der Waals surface area contributed by atoms with Gasteiger partial charge in [0, 0.05) is 12.1 Å². The zero-order valence-electron chi connectivity index (χ0n) is 10.2. The molecule has 18 heavy (non-hydrogen) atoms. The van der Waals surface area contributed by atoms with Crippen LogP contribution >= 0.6 is 23.2 Å². The van der Waals surface area contributed by atoms with Gasteiger partial charge in [-0.25, -0.2) is 0 Å². The fourth-order valence-corrected chi connectivity index (χ4v) is 1.88. The van der Waals surface area contributed by atoms with Crippen molar-refractivity contribution in [1.82, 2.24) is 0 Å². The van der Waals surface area contributed by atoms with Crippen molar-refractivity contribution in [3.63, 3.8) is 0 Å². The van der Waals surface area contributed by atoms with Crippen LogP contribution in [0.1, 0.15) is 32.1 Å². The van der Waals surface area contributed by atoms with Crippen molar-refractivity contribution < 1.29 is 4.79 Å². The van der Waals surface area contributed by atoms with E-state index < -0.39 is 0 Å². The van der Waals surface area contributed by atoms with E-state index >= 15 is 0 Å². The Hall–Kier alpha value is -0.770. The van der Waals surface area contributed by atoms with E-state index in [9.17, 15) is 4.79 Å². The number of carbonyl (C=O) groups excluding carboxylic acids is 1. The number of hydrogen-bond acceptors (Lipinski definition) is 2. The van der Waals surface area contributed by atoms with Gasteiger partial charge >= 0.3 is 0 Å². The van der Waals surface area contributed by atoms with Crippen LogP contribution in [0.2, 0.25) is 10.0 Å². The maximum absolute atomic E-state index is 11.6. The summed E-state index contributed by atoms with van der Waals surface area (Å²) in [4.78, 5) is 11.6. The second kappa shape index (κ2) is 8.35. The zero-order chi connectivity index (χ0) is 13.4. The molecule has 0 aliphatic heterocycles. The molecule has 1 aromatic carbocycles. The largest absolute Gasteiger partial charge is 0.330 e. The van der Waals surface area contributed by atoms with Crippen LogP contribution in [0.3, 0.4) is 0 Å². The average molecular weight is 289 g/mol. The summed E-state index contributed by atoms with van der Waals surface area (Å²) >= 11 is 11.7. The molecular weight excluding hydrogens is 271 g/mol. The Morgan fingerprint density at radius 1 is 1.11 bits per heavy atom. The molecule has 0 fully saturated rings. The predicted molar refractivity (Wildman–Crippen MR) is 77.2 cm³/mol. The average Bonchev–Trinajstić information content (AvgIpc) is 2.34. The molecular formula is C13H18Cl2N2O. The first-order valence-electron chi connectivity index (χ1n) is 6.08. The monoisotopic (exact) mass is 288 g/mol. The van der Waals surface area contributed by atoms with E-state index in [2.05, 4.69) is 5.32 Å². The number of anilines is 1. The van der Waals surface area contributed by atoms with Crippen molar-refractivity contribution in [3.8, 4) is 0 Å². The summed E-state index contributed by atoms with van der Waals surface area (Å²) in [6.45, 7) is 0.718. The van der Waals surface area contributed by atoms with Crippen molar-refractivity contribution in [2.75, 3.05) is 11.9 Å². The topological polar surface area (TPSA) is 55.1 Å². The van der Waals surface area contributed by atoms with Crippen molar-refractivity contribution in [2.45, 2.75) is 32.1 Å². The lowest BCUT2D eigenvalue weighted by Gasteiger charge is -2.06. The number of hydrogen-bond donors (Lipinski definition) is 2. The third-order valence-electron chi connectivity index (χ3n) is 2.56. The summed E-state index contributed by atoms with van der Waals surface area (Å²) < 4.78 is 0. The Morgan fingerprint density at radius 3 is 2.50 bits per heavy atom. The lowest BCUT2D eigenvalue weighted by Crippen LogP contribution is -2.11. The molecule has 0 atom stereocenters. The summed E-state index contributed by atoms with van der Waals surface area (Å²) in [5.41, 5.74) is 6.07. The van der Waals surface area contributed by atoms with E-state index in [0.717, 1.165) is 32.2 Å². The van der Waals surface area contributed by atoms with Gasteiger partial charge in [0.25, 0.3) is 0 Å². The molecule has 100 valence electrons. The van der Waals surface area contributed by atoms with Crippen LogP contribution in [-0.2, 0) is 4.79 Å². The SMILES string of the molecule is NCCCCCCC(=O)Nc1ccc(Cl)c(Cl)c1. The van der Waals surface area contributed by atoms with Gasteiger partial charge in [-0.1, -0.05) is 36.0 Å². The van der Waals surface area contributed by atoms with Gasteiger partial charge in [0.15, 0.2) is 0 Å². The van der Waals surface area contributed by atoms with Crippen LogP contribution < -0.4 is 11.1 Å². The molecule has 3 nitrogen and oxygen atoms in total. The van der Waals surface area contributed by atoms with E-state index in [4.69, 9.17) is 28.9 Å². The van der Waals surface area contributed by atoms with Crippen LogP contribution in [-0.4, -0.2) is 12.5 Å². The van der Waals surface area contributed by atoms with E-state index in [1.54, 1.807) is 18.2 Å². The minimum absolute atomic E-state index is 0.00105. The van der Waals surface area contributed by atoms with Gasteiger partial charge in [-0.15, -0.1) is 0 Å². The molecule has 1 amide bonds. The van der Waals surface area contributed by atoms with Gasteiger partial charge in [0.2, 0.25) is 5.91 Å². The van der Waals surface area contributed by atoms with E-state index in [1.807, 2.05) is 0 Å². The van der Waals surface area contributed by atoms with E-state index in [0.29, 0.717) is 22.2 Å². The second-order valence-corrected chi connectivity index (χ2v) is 4.94. The molecule has 3 N–H and O–H groups in total. The molecule has 0 unspecified atom stereocenters. The molecule has 0 saturated heterocycles. The first-order chi connectivity index (χ1) is 8.63. The third-order valence-corrected chi connectivity index (χ3v) is 3.30. The molecule has 0 aromatic heterocycles. The lowest BCUT2D eigenvalue weighted by atomic mass is 10.1. The Labute approximate surface area is 118 Å². The predicted octanol–water partition coefficient (Wildman–Crippen LogP) is 3.84. The van der Waals surface area contributed by atoms with Gasteiger partial charge in [-0.05, 0) is 37.6 Å². The Morgan fingerprint density at radius 2 is 1.83 bits per heavy atom. The highest BCUT2D eigenvalue weighted by atomic mass is 35.5. The normalized spacial score (nSPS) is 10.4. The fraction of sp³-hybridized carbons (Fsp3) is 0.462. The number of rotatable bonds is 7. The van der Waals surface area contributed by atoms with E-state index in [-0.39, 0.29) is 5.91 Å². The van der Waals surface area contributed by atoms with Crippen LogP contribution in [0, 0.1) is 0 Å². The summed E-state index contributed by atoms with van der Waals surface area (Å²) in [5.74, 6) is 0.00105. The Kier molecular flexibility index (Phi) is 7.09. The van der Waals surface area contributed by atoms with Crippen molar-refractivity contribution >= 4 is 34.8 Å². The number of unbranched alkanes of at least 4 members (excludes halogenated alkanes) is 3. The van der Waals surface area contributed by atoms with E-state index in [1.165, 1.54) is 0 Å². The van der Waals surface area contributed by atoms with Gasteiger partial charge in [0.1, 0.15) is 0 Å². The molecule has 0 saturated carbocycles. The maximum Gasteiger partial charge on any atom is 0.224 e. The highest BCUT2D eigenvalue weighted by Crippen LogP contribution is 2.25. The molecule has 5 heteroatoms. The smallest absolute Gasteiger partial charge is 0.224 e. The maximum atomic E-state index is 11.6. The molecule has 0 spiro atoms. The third kappa shape index (κ3) is 5.71. The number of carbonyl (C=O) groups is 1. The Bertz CT molecular complexity index is 397. The number of amides is 1. The molecule has 0 heterocycles. The molecule has 0 radical (unpaired) electrons. The fourth-order valence-electron chi connectivity index (χ4n) is 1.58. The lowest BCUT2D eigenvalue weighted by molar-refractivity contribution is -0.116. The minimum atomic E-state index is 0.00105. The van der Waals surface area contributed by atoms with Crippen LogP contribution in [0.15, 0.2) is 18.2 Å². The first kappa shape index (κ1) is 15.3. The minimum Gasteiger partial charge on any atom is -0.330 e. The van der Waals surface area contributed by atoms with Crippen LogP contribution in [0.5, 0.6) is 0 Å². The molecule has 0 bridgehead atoms. The zero-order valence-corrected chi connectivity index (χ0v) is 11.7. The van der Waals surface area contributed by atoms with Gasteiger partial charge < -0.3 is 11.1 Å².